The van der Waals surface area contributed by atoms with Crippen molar-refractivity contribution in [3.63, 3.8) is 0 Å². The van der Waals surface area contributed by atoms with Crippen LogP contribution in [0.25, 0.3) is 6.08 Å². The largest absolute Gasteiger partial charge is 0.387 e. The van der Waals surface area contributed by atoms with Gasteiger partial charge in [0, 0.05) is 11.9 Å². The van der Waals surface area contributed by atoms with E-state index < -0.39 is 0 Å². The van der Waals surface area contributed by atoms with Crippen LogP contribution < -0.4 is 5.32 Å². The molecule has 0 aliphatic carbocycles. The molecule has 0 aliphatic heterocycles. The van der Waals surface area contributed by atoms with E-state index in [4.69, 9.17) is 0 Å². The second-order valence-corrected chi connectivity index (χ2v) is 3.28. The molecular formula is C11H15NS. The fraction of sp³-hybridized carbons (Fsp3) is 0.273. The minimum absolute atomic E-state index is 0.987. The van der Waals surface area contributed by atoms with Crippen LogP contribution in [0.5, 0.6) is 0 Å². The summed E-state index contributed by atoms with van der Waals surface area (Å²) in [6.07, 6.45) is 5.31. The zero-order valence-corrected chi connectivity index (χ0v) is 8.94. The predicted molar refractivity (Wildman–Crippen MR) is 62.6 cm³/mol. The number of rotatable bonds is 3. The molecule has 1 rings (SSSR count). The summed E-state index contributed by atoms with van der Waals surface area (Å²) < 4.78 is 0. The zero-order valence-electron chi connectivity index (χ0n) is 8.04. The van der Waals surface area contributed by atoms with Gasteiger partial charge in [-0.15, -0.1) is 12.6 Å². The first-order chi connectivity index (χ1) is 6.29. The number of anilines is 1. The van der Waals surface area contributed by atoms with E-state index in [1.54, 1.807) is 0 Å². The van der Waals surface area contributed by atoms with Crippen molar-refractivity contribution in [3.05, 3.63) is 29.8 Å². The van der Waals surface area contributed by atoms with Gasteiger partial charge in [-0.3, -0.25) is 0 Å². The Morgan fingerprint density at radius 1 is 1.46 bits per heavy atom. The molecule has 0 unspecified atom stereocenters. The molecule has 0 spiro atoms. The molecule has 13 heavy (non-hydrogen) atoms. The molecule has 2 heteroatoms. The van der Waals surface area contributed by atoms with E-state index in [-0.39, 0.29) is 0 Å². The van der Waals surface area contributed by atoms with Crippen molar-refractivity contribution in [1.29, 1.82) is 0 Å². The number of benzene rings is 1. The van der Waals surface area contributed by atoms with Crippen LogP contribution in [0.2, 0.25) is 0 Å². The van der Waals surface area contributed by atoms with E-state index in [1.807, 2.05) is 19.2 Å². The number of para-hydroxylation sites is 1. The van der Waals surface area contributed by atoms with Gasteiger partial charge in [0.2, 0.25) is 0 Å². The zero-order chi connectivity index (χ0) is 9.68. The van der Waals surface area contributed by atoms with E-state index in [0.717, 1.165) is 17.0 Å². The summed E-state index contributed by atoms with van der Waals surface area (Å²) in [5.74, 6) is 0. The Morgan fingerprint density at radius 2 is 2.23 bits per heavy atom. The molecule has 1 N–H and O–H groups in total. The predicted octanol–water partition coefficient (Wildman–Crippen LogP) is 3.44. The topological polar surface area (TPSA) is 12.0 Å². The van der Waals surface area contributed by atoms with Crippen molar-refractivity contribution in [3.8, 4) is 0 Å². The number of hydrogen-bond acceptors (Lipinski definition) is 2. The van der Waals surface area contributed by atoms with Gasteiger partial charge in [0.15, 0.2) is 0 Å². The van der Waals surface area contributed by atoms with E-state index in [2.05, 4.69) is 43.1 Å². The monoisotopic (exact) mass is 193 g/mol. The lowest BCUT2D eigenvalue weighted by Crippen LogP contribution is -1.92. The first-order valence-corrected chi connectivity index (χ1v) is 4.90. The second-order valence-electron chi connectivity index (χ2n) is 2.80. The van der Waals surface area contributed by atoms with Crippen molar-refractivity contribution < 1.29 is 0 Å². The van der Waals surface area contributed by atoms with Gasteiger partial charge in [0.1, 0.15) is 0 Å². The van der Waals surface area contributed by atoms with Crippen LogP contribution in [-0.4, -0.2) is 7.05 Å². The first kappa shape index (κ1) is 10.2. The van der Waals surface area contributed by atoms with Crippen molar-refractivity contribution >= 4 is 24.4 Å². The van der Waals surface area contributed by atoms with Crippen molar-refractivity contribution in [2.75, 3.05) is 12.4 Å². The molecule has 1 aromatic carbocycles. The molecule has 0 atom stereocenters. The van der Waals surface area contributed by atoms with Gasteiger partial charge in [0.25, 0.3) is 0 Å². The fourth-order valence-electron chi connectivity index (χ4n) is 1.21. The standard InChI is InChI=1S/C11H15NS/c1-3-4-6-9-7-5-8-10(13)11(9)12-2/h4-8,12-13H,3H2,1-2H3/b6-4-. The lowest BCUT2D eigenvalue weighted by atomic mass is 10.1. The normalized spacial score (nSPS) is 10.7. The Labute approximate surface area is 85.3 Å². The maximum Gasteiger partial charge on any atom is 0.0546 e. The Balaban J connectivity index is 3.05. The molecule has 0 fully saturated rings. The fourth-order valence-corrected chi connectivity index (χ4v) is 1.54. The molecule has 0 amide bonds. The van der Waals surface area contributed by atoms with E-state index in [9.17, 15) is 0 Å². The Morgan fingerprint density at radius 3 is 2.85 bits per heavy atom. The lowest BCUT2D eigenvalue weighted by molar-refractivity contribution is 1.23. The minimum Gasteiger partial charge on any atom is -0.387 e. The van der Waals surface area contributed by atoms with Crippen LogP contribution in [0.4, 0.5) is 5.69 Å². The SMILES string of the molecule is CC/C=C\c1cccc(S)c1NC. The average molecular weight is 193 g/mol. The van der Waals surface area contributed by atoms with Crippen LogP contribution in [0.3, 0.4) is 0 Å². The smallest absolute Gasteiger partial charge is 0.0546 e. The van der Waals surface area contributed by atoms with Crippen LogP contribution in [0.15, 0.2) is 29.2 Å². The molecule has 1 aromatic rings. The van der Waals surface area contributed by atoms with E-state index in [0.29, 0.717) is 0 Å². The maximum atomic E-state index is 4.37. The molecule has 0 bridgehead atoms. The maximum absolute atomic E-state index is 4.37. The van der Waals surface area contributed by atoms with E-state index in [1.165, 1.54) is 5.56 Å². The summed E-state index contributed by atoms with van der Waals surface area (Å²) in [6, 6.07) is 6.08. The van der Waals surface area contributed by atoms with Crippen molar-refractivity contribution in [1.82, 2.24) is 0 Å². The van der Waals surface area contributed by atoms with Gasteiger partial charge < -0.3 is 5.32 Å². The molecule has 1 nitrogen and oxygen atoms in total. The highest BCUT2D eigenvalue weighted by molar-refractivity contribution is 7.80. The van der Waals surface area contributed by atoms with Gasteiger partial charge >= 0.3 is 0 Å². The van der Waals surface area contributed by atoms with Crippen LogP contribution in [-0.2, 0) is 0 Å². The third kappa shape index (κ3) is 2.52. The summed E-state index contributed by atoms with van der Waals surface area (Å²) >= 11 is 4.37. The quantitative estimate of drug-likeness (QED) is 0.701. The highest BCUT2D eigenvalue weighted by atomic mass is 32.1. The lowest BCUT2D eigenvalue weighted by Gasteiger charge is -2.07. The number of hydrogen-bond donors (Lipinski definition) is 2. The summed E-state index contributed by atoms with van der Waals surface area (Å²) in [5, 5.41) is 3.15. The third-order valence-corrected chi connectivity index (χ3v) is 2.23. The molecule has 0 saturated heterocycles. The molecular weight excluding hydrogens is 178 g/mol. The highest BCUT2D eigenvalue weighted by Crippen LogP contribution is 2.24. The van der Waals surface area contributed by atoms with Gasteiger partial charge in [-0.05, 0) is 18.1 Å². The highest BCUT2D eigenvalue weighted by Gasteiger charge is 1.99. The molecule has 0 heterocycles. The third-order valence-electron chi connectivity index (χ3n) is 1.86. The molecule has 0 aliphatic rings. The Kier molecular flexibility index (Phi) is 3.90. The Bertz CT molecular complexity index is 305. The number of allylic oxidation sites excluding steroid dienone is 1. The number of thiol groups is 1. The van der Waals surface area contributed by atoms with Gasteiger partial charge in [-0.2, -0.15) is 0 Å². The summed E-state index contributed by atoms with van der Waals surface area (Å²) in [4.78, 5) is 0.987. The van der Waals surface area contributed by atoms with Crippen LogP contribution >= 0.6 is 12.6 Å². The van der Waals surface area contributed by atoms with Crippen LogP contribution in [0, 0.1) is 0 Å². The molecule has 0 saturated carbocycles. The summed E-state index contributed by atoms with van der Waals surface area (Å²) in [6.45, 7) is 2.13. The van der Waals surface area contributed by atoms with Gasteiger partial charge in [-0.1, -0.05) is 31.2 Å². The van der Waals surface area contributed by atoms with Gasteiger partial charge in [-0.25, -0.2) is 0 Å². The number of nitrogens with one attached hydrogen (secondary N) is 1. The summed E-state index contributed by atoms with van der Waals surface area (Å²) in [5.41, 5.74) is 2.28. The van der Waals surface area contributed by atoms with Crippen LogP contribution in [0.1, 0.15) is 18.9 Å². The van der Waals surface area contributed by atoms with Gasteiger partial charge in [0.05, 0.1) is 5.69 Å². The second kappa shape index (κ2) is 4.97. The molecule has 0 aromatic heterocycles. The average Bonchev–Trinajstić information content (AvgIpc) is 2.15. The molecule has 70 valence electrons. The van der Waals surface area contributed by atoms with E-state index >= 15 is 0 Å². The van der Waals surface area contributed by atoms with Crippen molar-refractivity contribution in [2.45, 2.75) is 18.2 Å². The summed E-state index contributed by atoms with van der Waals surface area (Å²) in [7, 11) is 1.92. The Hall–Kier alpha value is -0.890. The minimum atomic E-state index is 0.987. The first-order valence-electron chi connectivity index (χ1n) is 4.45. The molecule has 0 radical (unpaired) electrons. The van der Waals surface area contributed by atoms with Crippen molar-refractivity contribution in [2.24, 2.45) is 0 Å².